The van der Waals surface area contributed by atoms with Gasteiger partial charge in [0.1, 0.15) is 17.3 Å². The molecule has 132 valence electrons. The molecule has 1 aliphatic heterocycles. The average molecular weight is 421 g/mol. The number of halogens is 2. The number of carbonyl (C=O) groups excluding carboxylic acids is 1. The van der Waals surface area contributed by atoms with Gasteiger partial charge in [0.25, 0.3) is 5.91 Å². The Bertz CT molecular complexity index is 1060. The van der Waals surface area contributed by atoms with Crippen LogP contribution in [0.15, 0.2) is 94.0 Å². The highest BCUT2D eigenvalue weighted by Gasteiger charge is 2.32. The minimum Gasteiger partial charge on any atom is -0.266 e. The molecule has 1 heterocycles. The maximum Gasteiger partial charge on any atom is 0.282 e. The summed E-state index contributed by atoms with van der Waals surface area (Å²) in [7, 11) is 0. The van der Waals surface area contributed by atoms with Crippen molar-refractivity contribution in [2.75, 3.05) is 4.90 Å². The molecule has 0 aromatic heterocycles. The van der Waals surface area contributed by atoms with Crippen LogP contribution >= 0.6 is 15.9 Å². The minimum atomic E-state index is -0.353. The number of amides is 1. The quantitative estimate of drug-likeness (QED) is 0.520. The fourth-order valence-corrected chi connectivity index (χ4v) is 3.30. The third-order valence-corrected chi connectivity index (χ3v) is 4.62. The van der Waals surface area contributed by atoms with E-state index in [0.29, 0.717) is 17.2 Å². The maximum absolute atomic E-state index is 13.3. The van der Waals surface area contributed by atoms with Gasteiger partial charge in [-0.1, -0.05) is 58.4 Å². The Morgan fingerprint density at radius 3 is 2.37 bits per heavy atom. The van der Waals surface area contributed by atoms with Crippen LogP contribution in [0.2, 0.25) is 0 Å². The highest BCUT2D eigenvalue weighted by atomic mass is 79.9. The van der Waals surface area contributed by atoms with Gasteiger partial charge in [0.2, 0.25) is 0 Å². The zero-order valence-electron chi connectivity index (χ0n) is 14.1. The first-order valence-corrected chi connectivity index (χ1v) is 9.12. The molecule has 0 saturated carbocycles. The van der Waals surface area contributed by atoms with Gasteiger partial charge in [0.15, 0.2) is 0 Å². The molecule has 0 aliphatic carbocycles. The standard InChI is InChI=1S/C22H14BrFN2O/c23-17-8-4-5-15(13-17)14-20-22(27)26(19-11-9-18(24)10-12-19)21(25-20)16-6-2-1-3-7-16/h1-14H/b20-14+. The number of nitrogens with zero attached hydrogens (tertiary/aromatic N) is 2. The van der Waals surface area contributed by atoms with Crippen molar-refractivity contribution >= 4 is 39.4 Å². The van der Waals surface area contributed by atoms with E-state index in [-0.39, 0.29) is 11.7 Å². The minimum absolute atomic E-state index is 0.250. The molecule has 3 nitrogen and oxygen atoms in total. The number of hydrogen-bond donors (Lipinski definition) is 0. The fourth-order valence-electron chi connectivity index (χ4n) is 2.88. The lowest BCUT2D eigenvalue weighted by Crippen LogP contribution is -2.32. The lowest BCUT2D eigenvalue weighted by Gasteiger charge is -2.18. The number of benzene rings is 3. The lowest BCUT2D eigenvalue weighted by molar-refractivity contribution is -0.113. The third kappa shape index (κ3) is 3.59. The zero-order chi connectivity index (χ0) is 18.8. The van der Waals surface area contributed by atoms with E-state index in [0.717, 1.165) is 15.6 Å². The number of amidine groups is 1. The fraction of sp³-hybridized carbons (Fsp3) is 0. The van der Waals surface area contributed by atoms with Gasteiger partial charge < -0.3 is 0 Å². The van der Waals surface area contributed by atoms with Crippen molar-refractivity contribution in [3.05, 3.63) is 106 Å². The van der Waals surface area contributed by atoms with Crippen LogP contribution in [0, 0.1) is 5.82 Å². The predicted molar refractivity (Wildman–Crippen MR) is 109 cm³/mol. The van der Waals surface area contributed by atoms with E-state index in [1.165, 1.54) is 17.0 Å². The molecule has 1 aliphatic rings. The van der Waals surface area contributed by atoms with Crippen molar-refractivity contribution in [1.82, 2.24) is 0 Å². The van der Waals surface area contributed by atoms with Crippen molar-refractivity contribution < 1.29 is 9.18 Å². The first kappa shape index (κ1) is 17.4. The number of aliphatic imine (C=N–C) groups is 1. The molecule has 0 N–H and O–H groups in total. The van der Waals surface area contributed by atoms with E-state index in [1.54, 1.807) is 18.2 Å². The smallest absolute Gasteiger partial charge is 0.266 e. The summed E-state index contributed by atoms with van der Waals surface area (Å²) in [4.78, 5) is 19.2. The summed E-state index contributed by atoms with van der Waals surface area (Å²) >= 11 is 3.43. The molecule has 5 heteroatoms. The monoisotopic (exact) mass is 420 g/mol. The van der Waals surface area contributed by atoms with Gasteiger partial charge in [0, 0.05) is 10.0 Å². The highest BCUT2D eigenvalue weighted by molar-refractivity contribution is 9.10. The van der Waals surface area contributed by atoms with E-state index in [4.69, 9.17) is 0 Å². The number of hydrogen-bond acceptors (Lipinski definition) is 2. The Labute approximate surface area is 164 Å². The first-order chi connectivity index (χ1) is 13.1. The molecule has 1 amide bonds. The second-order valence-electron chi connectivity index (χ2n) is 6.00. The van der Waals surface area contributed by atoms with E-state index in [9.17, 15) is 9.18 Å². The highest BCUT2D eigenvalue weighted by Crippen LogP contribution is 2.28. The van der Waals surface area contributed by atoms with Crippen LogP contribution in [-0.2, 0) is 4.79 Å². The summed E-state index contributed by atoms with van der Waals surface area (Å²) in [6.07, 6.45) is 1.75. The van der Waals surface area contributed by atoms with E-state index in [1.807, 2.05) is 54.6 Å². The summed E-state index contributed by atoms with van der Waals surface area (Å²) in [6.45, 7) is 0. The van der Waals surface area contributed by atoms with Crippen molar-refractivity contribution in [3.8, 4) is 0 Å². The van der Waals surface area contributed by atoms with Gasteiger partial charge in [-0.3, -0.25) is 9.69 Å². The Balaban J connectivity index is 1.82. The van der Waals surface area contributed by atoms with E-state index < -0.39 is 0 Å². The molecule has 0 bridgehead atoms. The van der Waals surface area contributed by atoms with E-state index >= 15 is 0 Å². The van der Waals surface area contributed by atoms with Gasteiger partial charge in [-0.2, -0.15) is 0 Å². The molecule has 3 aromatic rings. The molecule has 3 aromatic carbocycles. The summed E-state index contributed by atoms with van der Waals surface area (Å²) in [5, 5.41) is 0. The second-order valence-corrected chi connectivity index (χ2v) is 6.92. The van der Waals surface area contributed by atoms with Crippen LogP contribution in [0.3, 0.4) is 0 Å². The van der Waals surface area contributed by atoms with Crippen LogP contribution in [-0.4, -0.2) is 11.7 Å². The van der Waals surface area contributed by atoms with Crippen molar-refractivity contribution in [2.45, 2.75) is 0 Å². The molecule has 0 radical (unpaired) electrons. The Morgan fingerprint density at radius 1 is 0.926 bits per heavy atom. The number of anilines is 1. The van der Waals surface area contributed by atoms with Crippen molar-refractivity contribution in [2.24, 2.45) is 4.99 Å². The Kier molecular flexibility index (Phi) is 4.69. The van der Waals surface area contributed by atoms with Crippen molar-refractivity contribution in [1.29, 1.82) is 0 Å². The molecule has 0 spiro atoms. The Hall–Kier alpha value is -3.05. The number of rotatable bonds is 3. The molecular weight excluding hydrogens is 407 g/mol. The lowest BCUT2D eigenvalue weighted by atomic mass is 10.1. The molecule has 0 unspecified atom stereocenters. The van der Waals surface area contributed by atoms with E-state index in [2.05, 4.69) is 20.9 Å². The SMILES string of the molecule is O=C1/C(=C\c2cccc(Br)c2)N=C(c2ccccc2)N1c1ccc(F)cc1. The molecule has 0 fully saturated rings. The third-order valence-electron chi connectivity index (χ3n) is 4.13. The predicted octanol–water partition coefficient (Wildman–Crippen LogP) is 5.42. The van der Waals surface area contributed by atoms with Gasteiger partial charge >= 0.3 is 0 Å². The molecular formula is C22H14BrFN2O. The molecule has 4 rings (SSSR count). The maximum atomic E-state index is 13.3. The van der Waals surface area contributed by atoms with Crippen LogP contribution < -0.4 is 4.90 Å². The molecule has 0 atom stereocenters. The Morgan fingerprint density at radius 2 is 1.67 bits per heavy atom. The summed E-state index contributed by atoms with van der Waals surface area (Å²) < 4.78 is 14.3. The largest absolute Gasteiger partial charge is 0.282 e. The summed E-state index contributed by atoms with van der Waals surface area (Å²) in [6, 6.07) is 22.9. The number of carbonyl (C=O) groups is 1. The van der Waals surface area contributed by atoms with Gasteiger partial charge in [-0.15, -0.1) is 0 Å². The van der Waals surface area contributed by atoms with Crippen molar-refractivity contribution in [3.63, 3.8) is 0 Å². The molecule has 27 heavy (non-hydrogen) atoms. The van der Waals surface area contributed by atoms with Gasteiger partial charge in [0.05, 0.1) is 5.69 Å². The van der Waals surface area contributed by atoms with Crippen LogP contribution in [0.25, 0.3) is 6.08 Å². The summed E-state index contributed by atoms with van der Waals surface area (Å²) in [5.74, 6) is -0.0811. The second kappa shape index (κ2) is 7.29. The zero-order valence-corrected chi connectivity index (χ0v) is 15.7. The molecule has 0 saturated heterocycles. The first-order valence-electron chi connectivity index (χ1n) is 8.33. The topological polar surface area (TPSA) is 32.7 Å². The van der Waals surface area contributed by atoms with Crippen LogP contribution in [0.1, 0.15) is 11.1 Å². The van der Waals surface area contributed by atoms with Gasteiger partial charge in [-0.25, -0.2) is 9.38 Å². The average Bonchev–Trinajstić information content (AvgIpc) is 3.00. The van der Waals surface area contributed by atoms with Crippen LogP contribution in [0.5, 0.6) is 0 Å². The van der Waals surface area contributed by atoms with Crippen LogP contribution in [0.4, 0.5) is 10.1 Å². The normalized spacial score (nSPS) is 15.3. The van der Waals surface area contributed by atoms with Gasteiger partial charge in [-0.05, 0) is 48.0 Å². The summed E-state index contributed by atoms with van der Waals surface area (Å²) in [5.41, 5.74) is 2.58.